The average Bonchev–Trinajstić information content (AvgIpc) is 2.48. The van der Waals surface area contributed by atoms with Crippen LogP contribution in [0.1, 0.15) is 11.1 Å². The smallest absolute Gasteiger partial charge is 0.300 e. The van der Waals surface area contributed by atoms with Crippen molar-refractivity contribution in [3.8, 4) is 17.6 Å². The van der Waals surface area contributed by atoms with Crippen LogP contribution in [0.5, 0.6) is 5.75 Å². The van der Waals surface area contributed by atoms with Gasteiger partial charge in [-0.05, 0) is 55.0 Å². The lowest BCUT2D eigenvalue weighted by molar-refractivity contribution is -0.111. The molecule has 0 aromatic heterocycles. The van der Waals surface area contributed by atoms with Gasteiger partial charge in [-0.2, -0.15) is 0 Å². The molecule has 4 heteroatoms. The van der Waals surface area contributed by atoms with Gasteiger partial charge in [0.25, 0.3) is 0 Å². The zero-order valence-electron chi connectivity index (χ0n) is 11.7. The molecule has 2 aromatic carbocycles. The zero-order valence-corrected chi connectivity index (χ0v) is 12.5. The summed E-state index contributed by atoms with van der Waals surface area (Å²) in [5, 5.41) is 3.30. The summed E-state index contributed by atoms with van der Waals surface area (Å²) in [6.45, 7) is 1.93. The van der Waals surface area contributed by atoms with Gasteiger partial charge in [0.05, 0.1) is 7.11 Å². The summed E-state index contributed by atoms with van der Waals surface area (Å²) < 4.78 is 5.18. The Morgan fingerprint density at radius 2 is 1.90 bits per heavy atom. The number of halogens is 1. The number of aryl methyl sites for hydroxylation is 1. The Morgan fingerprint density at radius 3 is 2.52 bits per heavy atom. The molecule has 0 unspecified atom stereocenters. The van der Waals surface area contributed by atoms with E-state index in [1.807, 2.05) is 25.1 Å². The minimum absolute atomic E-state index is 0.370. The second kappa shape index (κ2) is 6.83. The van der Waals surface area contributed by atoms with E-state index in [0.29, 0.717) is 10.7 Å². The lowest BCUT2D eigenvalue weighted by Crippen LogP contribution is -2.08. The first-order valence-corrected chi connectivity index (χ1v) is 6.69. The van der Waals surface area contributed by atoms with Crippen molar-refractivity contribution < 1.29 is 9.53 Å². The van der Waals surface area contributed by atoms with E-state index in [4.69, 9.17) is 16.3 Å². The zero-order chi connectivity index (χ0) is 15.2. The number of hydrogen-bond donors (Lipinski definition) is 1. The Morgan fingerprint density at radius 1 is 1.19 bits per heavy atom. The Labute approximate surface area is 128 Å². The van der Waals surface area contributed by atoms with E-state index in [0.717, 1.165) is 16.9 Å². The summed E-state index contributed by atoms with van der Waals surface area (Å²) >= 11 is 5.78. The normalized spacial score (nSPS) is 9.48. The van der Waals surface area contributed by atoms with Gasteiger partial charge in [0, 0.05) is 22.2 Å². The highest BCUT2D eigenvalue weighted by Crippen LogP contribution is 2.17. The maximum atomic E-state index is 11.7. The quantitative estimate of drug-likeness (QED) is 0.860. The van der Waals surface area contributed by atoms with Gasteiger partial charge in [0.15, 0.2) is 0 Å². The van der Waals surface area contributed by atoms with E-state index < -0.39 is 0 Å². The second-order valence-electron chi connectivity index (χ2n) is 4.40. The van der Waals surface area contributed by atoms with Gasteiger partial charge in [-0.15, -0.1) is 0 Å². The minimum Gasteiger partial charge on any atom is -0.496 e. The summed E-state index contributed by atoms with van der Waals surface area (Å²) in [6, 6.07) is 12.4. The van der Waals surface area contributed by atoms with Crippen molar-refractivity contribution in [2.75, 3.05) is 12.4 Å². The lowest BCUT2D eigenvalue weighted by Gasteiger charge is -2.03. The molecule has 21 heavy (non-hydrogen) atoms. The highest BCUT2D eigenvalue weighted by molar-refractivity contribution is 6.30. The molecule has 1 N–H and O–H groups in total. The monoisotopic (exact) mass is 299 g/mol. The van der Waals surface area contributed by atoms with Crippen LogP contribution in [0.25, 0.3) is 0 Å². The molecule has 1 amide bonds. The SMILES string of the molecule is COc1ccc(C#CC(=O)Nc2ccc(Cl)cc2)cc1C. The van der Waals surface area contributed by atoms with Crippen molar-refractivity contribution in [1.29, 1.82) is 0 Å². The first kappa shape index (κ1) is 15.0. The maximum absolute atomic E-state index is 11.7. The summed E-state index contributed by atoms with van der Waals surface area (Å²) in [5.74, 6) is 5.81. The van der Waals surface area contributed by atoms with Gasteiger partial charge >= 0.3 is 5.91 Å². The molecule has 0 spiro atoms. The molecule has 0 saturated heterocycles. The molecule has 0 atom stereocenters. The van der Waals surface area contributed by atoms with Crippen LogP contribution in [-0.4, -0.2) is 13.0 Å². The fourth-order valence-corrected chi connectivity index (χ4v) is 1.91. The van der Waals surface area contributed by atoms with Crippen LogP contribution in [0.2, 0.25) is 5.02 Å². The van der Waals surface area contributed by atoms with Gasteiger partial charge in [-0.25, -0.2) is 0 Å². The number of hydrogen-bond acceptors (Lipinski definition) is 2. The third-order valence-corrected chi connectivity index (χ3v) is 3.07. The Bertz CT molecular complexity index is 712. The molecule has 0 radical (unpaired) electrons. The minimum atomic E-state index is -0.370. The van der Waals surface area contributed by atoms with Crippen molar-refractivity contribution in [3.63, 3.8) is 0 Å². The number of amides is 1. The number of carbonyl (C=O) groups is 1. The Hall–Kier alpha value is -2.44. The predicted octanol–water partition coefficient (Wildman–Crippen LogP) is 3.65. The summed E-state index contributed by atoms with van der Waals surface area (Å²) in [4.78, 5) is 11.7. The number of benzene rings is 2. The molecule has 3 nitrogen and oxygen atoms in total. The molecule has 0 heterocycles. The van der Waals surface area contributed by atoms with Crippen LogP contribution >= 0.6 is 11.6 Å². The topological polar surface area (TPSA) is 38.3 Å². The van der Waals surface area contributed by atoms with Gasteiger partial charge in [0.1, 0.15) is 5.75 Å². The van der Waals surface area contributed by atoms with Gasteiger partial charge in [-0.1, -0.05) is 17.5 Å². The molecule has 0 saturated carbocycles. The number of methoxy groups -OCH3 is 1. The number of rotatable bonds is 2. The van der Waals surface area contributed by atoms with Crippen LogP contribution in [0.15, 0.2) is 42.5 Å². The molecule has 0 bridgehead atoms. The highest BCUT2D eigenvalue weighted by atomic mass is 35.5. The van der Waals surface area contributed by atoms with E-state index in [9.17, 15) is 4.79 Å². The number of anilines is 1. The van der Waals surface area contributed by atoms with Gasteiger partial charge < -0.3 is 10.1 Å². The van der Waals surface area contributed by atoms with Crippen molar-refractivity contribution in [3.05, 3.63) is 58.6 Å². The predicted molar refractivity (Wildman–Crippen MR) is 84.7 cm³/mol. The van der Waals surface area contributed by atoms with Crippen molar-refractivity contribution in [2.45, 2.75) is 6.92 Å². The fourth-order valence-electron chi connectivity index (χ4n) is 1.78. The largest absolute Gasteiger partial charge is 0.496 e. The molecule has 106 valence electrons. The molecular formula is C17H14ClNO2. The standard InChI is InChI=1S/C17H14ClNO2/c1-12-11-13(3-9-16(12)21-2)4-10-17(20)19-15-7-5-14(18)6-8-15/h3,5-9,11H,1-2H3,(H,19,20). The summed E-state index contributed by atoms with van der Waals surface area (Å²) in [5.41, 5.74) is 2.39. The van der Waals surface area contributed by atoms with Gasteiger partial charge in [0.2, 0.25) is 0 Å². The number of nitrogens with one attached hydrogen (secondary N) is 1. The van der Waals surface area contributed by atoms with Gasteiger partial charge in [-0.3, -0.25) is 4.79 Å². The van der Waals surface area contributed by atoms with E-state index in [2.05, 4.69) is 17.2 Å². The Kier molecular flexibility index (Phi) is 4.86. The second-order valence-corrected chi connectivity index (χ2v) is 4.83. The van der Waals surface area contributed by atoms with E-state index in [-0.39, 0.29) is 5.91 Å². The number of carbonyl (C=O) groups excluding carboxylic acids is 1. The van der Waals surface area contributed by atoms with E-state index >= 15 is 0 Å². The summed E-state index contributed by atoms with van der Waals surface area (Å²) in [7, 11) is 1.62. The Balaban J connectivity index is 2.06. The molecule has 0 fully saturated rings. The lowest BCUT2D eigenvalue weighted by atomic mass is 10.1. The first-order chi connectivity index (χ1) is 10.1. The van der Waals surface area contributed by atoms with Crippen LogP contribution in [0.4, 0.5) is 5.69 Å². The highest BCUT2D eigenvalue weighted by Gasteiger charge is 1.99. The molecule has 0 aliphatic heterocycles. The third-order valence-electron chi connectivity index (χ3n) is 2.82. The molecule has 0 aliphatic carbocycles. The first-order valence-electron chi connectivity index (χ1n) is 6.31. The molecule has 0 aliphatic rings. The molecular weight excluding hydrogens is 286 g/mol. The fraction of sp³-hybridized carbons (Fsp3) is 0.118. The third kappa shape index (κ3) is 4.27. The van der Waals surface area contributed by atoms with E-state index in [1.165, 1.54) is 0 Å². The maximum Gasteiger partial charge on any atom is 0.300 e. The van der Waals surface area contributed by atoms with Crippen LogP contribution in [0.3, 0.4) is 0 Å². The van der Waals surface area contributed by atoms with Crippen LogP contribution < -0.4 is 10.1 Å². The molecule has 2 aromatic rings. The van der Waals surface area contributed by atoms with Crippen molar-refractivity contribution in [2.24, 2.45) is 0 Å². The van der Waals surface area contributed by atoms with E-state index in [1.54, 1.807) is 31.4 Å². The molecule has 2 rings (SSSR count). The van der Waals surface area contributed by atoms with Crippen LogP contribution in [0, 0.1) is 18.8 Å². The summed E-state index contributed by atoms with van der Waals surface area (Å²) in [6.07, 6.45) is 0. The van der Waals surface area contributed by atoms with Crippen molar-refractivity contribution >= 4 is 23.2 Å². The van der Waals surface area contributed by atoms with Crippen LogP contribution in [-0.2, 0) is 4.79 Å². The van der Waals surface area contributed by atoms with Crippen molar-refractivity contribution in [1.82, 2.24) is 0 Å². The number of ether oxygens (including phenoxy) is 1. The average molecular weight is 300 g/mol.